The molecule has 1 saturated heterocycles. The smallest absolute Gasteiger partial charge is 0.203 e. The number of nitrogens with zero attached hydrogens (tertiary/aromatic N) is 4. The van der Waals surface area contributed by atoms with Crippen molar-refractivity contribution < 1.29 is 0 Å². The van der Waals surface area contributed by atoms with E-state index in [1.807, 2.05) is 6.07 Å². The Morgan fingerprint density at radius 1 is 0.889 bits per heavy atom. The minimum atomic E-state index is 0.208. The number of nitrogens with one attached hydrogen (secondary N) is 1. The fraction of sp³-hybridized carbons (Fsp3) is 0.300. The Morgan fingerprint density at radius 3 is 2.50 bits per heavy atom. The summed E-state index contributed by atoms with van der Waals surface area (Å²) in [5.74, 6) is 1.35. The Labute approximate surface area is 211 Å². The molecule has 5 aromatic rings. The van der Waals surface area contributed by atoms with Gasteiger partial charge in [-0.3, -0.25) is 0 Å². The highest BCUT2D eigenvalue weighted by Crippen LogP contribution is 2.34. The second kappa shape index (κ2) is 10.1. The molecule has 1 unspecified atom stereocenters. The lowest BCUT2D eigenvalue weighted by molar-refractivity contribution is 0.208. The van der Waals surface area contributed by atoms with Crippen LogP contribution in [0.4, 0.5) is 5.82 Å². The van der Waals surface area contributed by atoms with Gasteiger partial charge in [0.25, 0.3) is 0 Å². The van der Waals surface area contributed by atoms with Crippen molar-refractivity contribution in [3.8, 4) is 0 Å². The third kappa shape index (κ3) is 4.69. The Balaban J connectivity index is 1.11. The van der Waals surface area contributed by atoms with E-state index in [4.69, 9.17) is 5.73 Å². The van der Waals surface area contributed by atoms with E-state index in [0.29, 0.717) is 17.4 Å². The first-order valence-corrected chi connectivity index (χ1v) is 13.0. The van der Waals surface area contributed by atoms with Crippen LogP contribution in [0.3, 0.4) is 0 Å². The maximum absolute atomic E-state index is 6.14. The zero-order valence-electron chi connectivity index (χ0n) is 20.5. The van der Waals surface area contributed by atoms with Crippen molar-refractivity contribution in [1.82, 2.24) is 25.3 Å². The van der Waals surface area contributed by atoms with Gasteiger partial charge in [-0.1, -0.05) is 72.8 Å². The topological polar surface area (TPSA) is 83.7 Å². The molecule has 6 rings (SSSR count). The van der Waals surface area contributed by atoms with Gasteiger partial charge in [0.15, 0.2) is 0 Å². The summed E-state index contributed by atoms with van der Waals surface area (Å²) in [6.07, 6.45) is 4.59. The average molecular weight is 477 g/mol. The quantitative estimate of drug-likeness (QED) is 0.306. The molecule has 0 spiro atoms. The highest BCUT2D eigenvalue weighted by Gasteiger charge is 2.23. The Kier molecular flexibility index (Phi) is 6.35. The number of hydrogen-bond acceptors (Lipinski definition) is 5. The molecule has 6 nitrogen and oxygen atoms in total. The van der Waals surface area contributed by atoms with Gasteiger partial charge >= 0.3 is 0 Å². The van der Waals surface area contributed by atoms with Crippen LogP contribution < -0.4 is 5.73 Å². The number of fused-ring (bicyclic) bond motifs is 2. The SMILES string of the molecule is Nc1cc(C(CCCN2CCC(c3ccc4ccccc4c3)CC2)c2ccccc2)c2n[nH]nc2n1. The monoisotopic (exact) mass is 476 g/mol. The molecule has 2 aromatic heterocycles. The minimum absolute atomic E-state index is 0.208. The van der Waals surface area contributed by atoms with E-state index in [1.165, 1.54) is 34.7 Å². The predicted molar refractivity (Wildman–Crippen MR) is 146 cm³/mol. The normalized spacial score (nSPS) is 16.0. The third-order valence-electron chi connectivity index (χ3n) is 7.72. The van der Waals surface area contributed by atoms with Crippen molar-refractivity contribution in [2.45, 2.75) is 37.5 Å². The molecule has 0 saturated carbocycles. The van der Waals surface area contributed by atoms with E-state index in [9.17, 15) is 0 Å². The van der Waals surface area contributed by atoms with Gasteiger partial charge in [-0.25, -0.2) is 4.98 Å². The molecule has 1 fully saturated rings. The highest BCUT2D eigenvalue weighted by molar-refractivity contribution is 5.83. The van der Waals surface area contributed by atoms with Crippen LogP contribution in [0.25, 0.3) is 21.9 Å². The Hall–Kier alpha value is -3.77. The van der Waals surface area contributed by atoms with Gasteiger partial charge in [0.05, 0.1) is 0 Å². The van der Waals surface area contributed by atoms with Crippen molar-refractivity contribution in [3.05, 3.63) is 95.6 Å². The predicted octanol–water partition coefficient (Wildman–Crippen LogP) is 5.88. The molecule has 36 heavy (non-hydrogen) atoms. The fourth-order valence-electron chi connectivity index (χ4n) is 5.80. The van der Waals surface area contributed by atoms with Gasteiger partial charge in [-0.05, 0) is 84.8 Å². The van der Waals surface area contributed by atoms with Gasteiger partial charge < -0.3 is 10.6 Å². The molecule has 3 aromatic carbocycles. The number of nitrogen functional groups attached to an aromatic ring is 1. The van der Waals surface area contributed by atoms with Gasteiger partial charge in [0.2, 0.25) is 5.65 Å². The summed E-state index contributed by atoms with van der Waals surface area (Å²) >= 11 is 0. The lowest BCUT2D eigenvalue weighted by Gasteiger charge is -2.32. The zero-order valence-corrected chi connectivity index (χ0v) is 20.5. The molecular weight excluding hydrogens is 444 g/mol. The molecule has 3 N–H and O–H groups in total. The summed E-state index contributed by atoms with van der Waals surface area (Å²) in [7, 11) is 0. The van der Waals surface area contributed by atoms with E-state index in [0.717, 1.165) is 43.6 Å². The number of rotatable bonds is 7. The summed E-state index contributed by atoms with van der Waals surface area (Å²) in [5, 5.41) is 14.0. The maximum Gasteiger partial charge on any atom is 0.203 e. The highest BCUT2D eigenvalue weighted by atomic mass is 15.3. The fourth-order valence-corrected chi connectivity index (χ4v) is 5.80. The number of aromatic nitrogens is 4. The lowest BCUT2D eigenvalue weighted by atomic mass is 9.86. The second-order valence-corrected chi connectivity index (χ2v) is 9.96. The van der Waals surface area contributed by atoms with Crippen LogP contribution in [0.1, 0.15) is 54.2 Å². The van der Waals surface area contributed by atoms with E-state index in [-0.39, 0.29) is 5.92 Å². The van der Waals surface area contributed by atoms with Crippen molar-refractivity contribution in [3.63, 3.8) is 0 Å². The van der Waals surface area contributed by atoms with Crippen molar-refractivity contribution in [2.24, 2.45) is 0 Å². The number of likely N-dealkylation sites (tertiary alicyclic amines) is 1. The largest absolute Gasteiger partial charge is 0.384 e. The van der Waals surface area contributed by atoms with E-state index in [2.05, 4.69) is 98.1 Å². The van der Waals surface area contributed by atoms with Gasteiger partial charge in [-0.2, -0.15) is 10.3 Å². The number of benzene rings is 3. The van der Waals surface area contributed by atoms with Crippen molar-refractivity contribution in [1.29, 1.82) is 0 Å². The molecule has 0 bridgehead atoms. The van der Waals surface area contributed by atoms with Crippen LogP contribution >= 0.6 is 0 Å². The van der Waals surface area contributed by atoms with Crippen LogP contribution in [-0.4, -0.2) is 44.9 Å². The number of hydrogen-bond donors (Lipinski definition) is 2. The Bertz CT molecular complexity index is 1450. The molecule has 0 radical (unpaired) electrons. The summed E-state index contributed by atoms with van der Waals surface area (Å²) in [6, 6.07) is 28.3. The zero-order chi connectivity index (χ0) is 24.3. The number of pyridine rings is 1. The van der Waals surface area contributed by atoms with E-state index in [1.54, 1.807) is 0 Å². The molecule has 1 aliphatic heterocycles. The number of aromatic amines is 1. The van der Waals surface area contributed by atoms with Crippen LogP contribution in [0.5, 0.6) is 0 Å². The van der Waals surface area contributed by atoms with Crippen LogP contribution in [0, 0.1) is 0 Å². The number of nitrogens with two attached hydrogens (primary N) is 1. The standard InChI is InChI=1S/C30H32N6/c31-28-20-27(29-30(32-28)34-35-33-29)26(23-8-2-1-3-9-23)11-6-16-36-17-14-22(15-18-36)25-13-12-21-7-4-5-10-24(21)19-25/h1-5,7-10,12-13,19-20,22,26H,6,11,14-18H2,(H3,31,32,33,34,35). The second-order valence-electron chi connectivity index (χ2n) is 9.96. The lowest BCUT2D eigenvalue weighted by Crippen LogP contribution is -2.33. The van der Waals surface area contributed by atoms with Crippen LogP contribution in [-0.2, 0) is 0 Å². The molecule has 182 valence electrons. The van der Waals surface area contributed by atoms with Gasteiger partial charge in [0.1, 0.15) is 11.3 Å². The summed E-state index contributed by atoms with van der Waals surface area (Å²) in [4.78, 5) is 6.97. The summed E-state index contributed by atoms with van der Waals surface area (Å²) in [6.45, 7) is 3.42. The molecule has 1 aliphatic rings. The van der Waals surface area contributed by atoms with Crippen molar-refractivity contribution >= 4 is 27.8 Å². The average Bonchev–Trinajstić information content (AvgIpc) is 3.40. The van der Waals surface area contributed by atoms with Gasteiger partial charge in [-0.15, -0.1) is 5.10 Å². The first kappa shape index (κ1) is 22.7. The number of anilines is 1. The van der Waals surface area contributed by atoms with E-state index < -0.39 is 0 Å². The molecule has 1 atom stereocenters. The maximum atomic E-state index is 6.14. The molecule has 0 amide bonds. The number of piperidine rings is 1. The molecule has 0 aliphatic carbocycles. The first-order chi connectivity index (χ1) is 17.7. The van der Waals surface area contributed by atoms with Gasteiger partial charge in [0, 0.05) is 5.92 Å². The van der Waals surface area contributed by atoms with Crippen LogP contribution in [0.2, 0.25) is 0 Å². The number of H-pyrrole nitrogens is 1. The summed E-state index contributed by atoms with van der Waals surface area (Å²) < 4.78 is 0. The molecule has 3 heterocycles. The Morgan fingerprint density at radius 2 is 1.67 bits per heavy atom. The first-order valence-electron chi connectivity index (χ1n) is 13.0. The van der Waals surface area contributed by atoms with Crippen molar-refractivity contribution in [2.75, 3.05) is 25.4 Å². The summed E-state index contributed by atoms with van der Waals surface area (Å²) in [5.41, 5.74) is 11.4. The minimum Gasteiger partial charge on any atom is -0.384 e. The molecular formula is C30H32N6. The third-order valence-corrected chi connectivity index (χ3v) is 7.72. The van der Waals surface area contributed by atoms with Crippen LogP contribution in [0.15, 0.2) is 78.9 Å². The van der Waals surface area contributed by atoms with E-state index >= 15 is 0 Å². The molecule has 6 heteroatoms.